The van der Waals surface area contributed by atoms with Gasteiger partial charge in [-0.1, -0.05) is 12.1 Å². The average Bonchev–Trinajstić information content (AvgIpc) is 3.41. The minimum Gasteiger partial charge on any atom is -0.497 e. The van der Waals surface area contributed by atoms with E-state index in [-0.39, 0.29) is 0 Å². The van der Waals surface area contributed by atoms with Crippen LogP contribution >= 0.6 is 22.7 Å². The lowest BCUT2D eigenvalue weighted by molar-refractivity contribution is 0.203. The first-order valence-corrected chi connectivity index (χ1v) is 11.6. The van der Waals surface area contributed by atoms with Crippen LogP contribution in [0, 0.1) is 0 Å². The van der Waals surface area contributed by atoms with Crippen molar-refractivity contribution in [3.8, 4) is 16.3 Å². The third-order valence-corrected chi connectivity index (χ3v) is 7.66. The van der Waals surface area contributed by atoms with Crippen molar-refractivity contribution in [1.82, 2.24) is 14.9 Å². The van der Waals surface area contributed by atoms with Crippen LogP contribution in [0.3, 0.4) is 0 Å². The molecule has 0 N–H and O–H groups in total. The first-order chi connectivity index (χ1) is 14.3. The molecule has 4 aromatic rings. The van der Waals surface area contributed by atoms with E-state index in [1.807, 2.05) is 23.5 Å². The van der Waals surface area contributed by atoms with E-state index >= 15 is 0 Å². The van der Waals surface area contributed by atoms with Crippen LogP contribution in [0.25, 0.3) is 20.8 Å². The number of fused-ring (bicyclic) bond motifs is 1. The highest BCUT2D eigenvalue weighted by atomic mass is 32.1. The molecule has 1 aliphatic rings. The summed E-state index contributed by atoms with van der Waals surface area (Å²) in [6.45, 7) is 3.14. The lowest BCUT2D eigenvalue weighted by atomic mass is 9.97. The average molecular weight is 422 g/mol. The van der Waals surface area contributed by atoms with E-state index in [0.29, 0.717) is 5.92 Å². The van der Waals surface area contributed by atoms with Gasteiger partial charge in [-0.15, -0.1) is 22.7 Å². The number of hydrogen-bond acceptors (Lipinski definition) is 6. The molecular weight excluding hydrogens is 398 g/mol. The molecule has 0 aliphatic carbocycles. The van der Waals surface area contributed by atoms with Gasteiger partial charge in [0.15, 0.2) is 0 Å². The highest BCUT2D eigenvalue weighted by Gasteiger charge is 2.23. The Morgan fingerprint density at radius 2 is 1.83 bits per heavy atom. The van der Waals surface area contributed by atoms with Gasteiger partial charge in [-0.3, -0.25) is 4.90 Å². The molecule has 0 spiro atoms. The van der Waals surface area contributed by atoms with Crippen molar-refractivity contribution < 1.29 is 4.74 Å². The van der Waals surface area contributed by atoms with Crippen molar-refractivity contribution in [2.75, 3.05) is 20.2 Å². The van der Waals surface area contributed by atoms with Gasteiger partial charge in [0, 0.05) is 23.4 Å². The number of piperidine rings is 1. The van der Waals surface area contributed by atoms with Gasteiger partial charge in [0.1, 0.15) is 10.8 Å². The number of hydrogen-bond donors (Lipinski definition) is 0. The van der Waals surface area contributed by atoms with Gasteiger partial charge in [0.2, 0.25) is 0 Å². The number of benzene rings is 2. The third kappa shape index (κ3) is 4.06. The maximum absolute atomic E-state index is 5.24. The Hall–Kier alpha value is -2.28. The number of likely N-dealkylation sites (tertiary alicyclic amines) is 1. The van der Waals surface area contributed by atoms with E-state index in [2.05, 4.69) is 46.7 Å². The predicted molar refractivity (Wildman–Crippen MR) is 121 cm³/mol. The van der Waals surface area contributed by atoms with Crippen LogP contribution in [0.4, 0.5) is 0 Å². The summed E-state index contributed by atoms with van der Waals surface area (Å²) in [5, 5.41) is 4.58. The Kier molecular flexibility index (Phi) is 5.31. The van der Waals surface area contributed by atoms with Crippen LogP contribution in [0.5, 0.6) is 5.75 Å². The number of ether oxygens (including phenoxy) is 1. The van der Waals surface area contributed by atoms with E-state index in [9.17, 15) is 0 Å². The first kappa shape index (κ1) is 18.7. The molecule has 1 aliphatic heterocycles. The number of rotatable bonds is 5. The largest absolute Gasteiger partial charge is 0.497 e. The second-order valence-electron chi connectivity index (χ2n) is 7.44. The summed E-state index contributed by atoms with van der Waals surface area (Å²) >= 11 is 3.58. The van der Waals surface area contributed by atoms with Gasteiger partial charge in [0.25, 0.3) is 0 Å². The molecule has 148 valence electrons. The number of aromatic nitrogens is 2. The van der Waals surface area contributed by atoms with Gasteiger partial charge in [0.05, 0.1) is 28.0 Å². The zero-order chi connectivity index (χ0) is 19.6. The van der Waals surface area contributed by atoms with Crippen LogP contribution in [-0.2, 0) is 6.54 Å². The van der Waals surface area contributed by atoms with Gasteiger partial charge in [-0.25, -0.2) is 9.97 Å². The van der Waals surface area contributed by atoms with E-state index in [4.69, 9.17) is 14.7 Å². The Morgan fingerprint density at radius 3 is 2.59 bits per heavy atom. The first-order valence-electron chi connectivity index (χ1n) is 9.95. The molecule has 3 heterocycles. The molecule has 0 unspecified atom stereocenters. The second kappa shape index (κ2) is 8.22. The quantitative estimate of drug-likeness (QED) is 0.408. The van der Waals surface area contributed by atoms with Crippen molar-refractivity contribution in [2.45, 2.75) is 25.3 Å². The lowest BCUT2D eigenvalue weighted by Crippen LogP contribution is -2.32. The topological polar surface area (TPSA) is 38.2 Å². The fourth-order valence-corrected chi connectivity index (χ4v) is 5.83. The van der Waals surface area contributed by atoms with Gasteiger partial charge < -0.3 is 4.74 Å². The molecule has 0 saturated carbocycles. The fourth-order valence-electron chi connectivity index (χ4n) is 3.88. The maximum atomic E-state index is 5.24. The number of thiazole rings is 2. The number of para-hydroxylation sites is 1. The van der Waals surface area contributed by atoms with Crippen LogP contribution in [-0.4, -0.2) is 35.1 Å². The Labute approximate surface area is 178 Å². The summed E-state index contributed by atoms with van der Waals surface area (Å²) in [6, 6.07) is 16.6. The fraction of sp³-hybridized carbons (Fsp3) is 0.304. The van der Waals surface area contributed by atoms with Crippen molar-refractivity contribution in [1.29, 1.82) is 0 Å². The number of nitrogens with zero attached hydrogens (tertiary/aromatic N) is 3. The normalized spacial score (nSPS) is 15.8. The summed E-state index contributed by atoms with van der Waals surface area (Å²) in [5.41, 5.74) is 3.46. The highest BCUT2D eigenvalue weighted by molar-refractivity contribution is 7.18. The van der Waals surface area contributed by atoms with Crippen molar-refractivity contribution in [2.24, 2.45) is 0 Å². The van der Waals surface area contributed by atoms with E-state index in [1.165, 1.54) is 28.2 Å². The maximum Gasteiger partial charge on any atom is 0.123 e. The van der Waals surface area contributed by atoms with Crippen molar-refractivity contribution in [3.05, 3.63) is 64.6 Å². The van der Waals surface area contributed by atoms with Crippen molar-refractivity contribution >= 4 is 32.9 Å². The molecule has 29 heavy (non-hydrogen) atoms. The second-order valence-corrected chi connectivity index (χ2v) is 9.36. The van der Waals surface area contributed by atoms with Crippen molar-refractivity contribution in [3.63, 3.8) is 0 Å². The number of methoxy groups -OCH3 is 1. The highest BCUT2D eigenvalue weighted by Crippen LogP contribution is 2.34. The summed E-state index contributed by atoms with van der Waals surface area (Å²) in [7, 11) is 1.69. The molecule has 2 aromatic heterocycles. The standard InChI is InChI=1S/C23H23N3OS2/c1-27-19-8-6-16(7-9-19)22-24-18(15-28-22)14-26-12-10-17(11-13-26)23-25-20-4-2-3-5-21(20)29-23/h2-9,15,17H,10-14H2,1H3. The molecule has 1 saturated heterocycles. The molecule has 5 rings (SSSR count). The van der Waals surface area contributed by atoms with Crippen LogP contribution in [0.2, 0.25) is 0 Å². The molecule has 4 nitrogen and oxygen atoms in total. The Balaban J connectivity index is 1.20. The molecule has 1 fully saturated rings. The summed E-state index contributed by atoms with van der Waals surface area (Å²) in [4.78, 5) is 12.3. The molecule has 0 radical (unpaired) electrons. The molecule has 2 aromatic carbocycles. The van der Waals surface area contributed by atoms with E-state index < -0.39 is 0 Å². The summed E-state index contributed by atoms with van der Waals surface area (Å²) in [6.07, 6.45) is 2.35. The van der Waals surface area contributed by atoms with Crippen LogP contribution in [0.15, 0.2) is 53.9 Å². The predicted octanol–water partition coefficient (Wildman–Crippen LogP) is 5.81. The third-order valence-electron chi connectivity index (χ3n) is 5.52. The zero-order valence-electron chi connectivity index (χ0n) is 16.4. The molecule has 0 atom stereocenters. The minimum atomic E-state index is 0.592. The molecule has 0 bridgehead atoms. The zero-order valence-corrected chi connectivity index (χ0v) is 18.0. The smallest absolute Gasteiger partial charge is 0.123 e. The Bertz CT molecular complexity index is 1060. The monoisotopic (exact) mass is 421 g/mol. The minimum absolute atomic E-state index is 0.592. The molecular formula is C23H23N3OS2. The molecule has 6 heteroatoms. The van der Waals surface area contributed by atoms with Gasteiger partial charge in [-0.2, -0.15) is 0 Å². The molecule has 0 amide bonds. The van der Waals surface area contributed by atoms with Gasteiger partial charge in [-0.05, 0) is 62.3 Å². The van der Waals surface area contributed by atoms with E-state index in [0.717, 1.165) is 41.5 Å². The SMILES string of the molecule is COc1ccc(-c2nc(CN3CCC(c4nc5ccccc5s4)CC3)cs2)cc1. The Morgan fingerprint density at radius 1 is 1.03 bits per heavy atom. The van der Waals surface area contributed by atoms with Crippen LogP contribution in [0.1, 0.15) is 29.5 Å². The summed E-state index contributed by atoms with van der Waals surface area (Å²) in [5.74, 6) is 1.47. The lowest BCUT2D eigenvalue weighted by Gasteiger charge is -2.30. The van der Waals surface area contributed by atoms with Crippen LogP contribution < -0.4 is 4.74 Å². The van der Waals surface area contributed by atoms with Gasteiger partial charge >= 0.3 is 0 Å². The summed E-state index contributed by atoms with van der Waals surface area (Å²) < 4.78 is 6.55. The van der Waals surface area contributed by atoms with E-state index in [1.54, 1.807) is 18.4 Å².